The lowest BCUT2D eigenvalue weighted by Gasteiger charge is -2.28. The number of nitrogens with zero attached hydrogens (tertiary/aromatic N) is 1. The van der Waals surface area contributed by atoms with Crippen LogP contribution < -0.4 is 4.90 Å². The van der Waals surface area contributed by atoms with Gasteiger partial charge in [-0.15, -0.1) is 0 Å². The number of halogens is 1. The molecule has 25 heavy (non-hydrogen) atoms. The summed E-state index contributed by atoms with van der Waals surface area (Å²) in [5.41, 5.74) is 1.72. The van der Waals surface area contributed by atoms with Gasteiger partial charge >= 0.3 is 0 Å². The summed E-state index contributed by atoms with van der Waals surface area (Å²) in [6.07, 6.45) is 2.48. The maximum Gasteiger partial charge on any atom is 0.227 e. The van der Waals surface area contributed by atoms with Crippen LogP contribution in [0.1, 0.15) is 12.0 Å². The fourth-order valence-corrected chi connectivity index (χ4v) is 4.25. The molecule has 3 rings (SSSR count). The number of rotatable bonds is 5. The van der Waals surface area contributed by atoms with E-state index in [0.29, 0.717) is 23.6 Å². The third kappa shape index (κ3) is 4.50. The molecule has 0 aliphatic carbocycles. The summed E-state index contributed by atoms with van der Waals surface area (Å²) < 4.78 is 23.6. The quantitative estimate of drug-likeness (QED) is 0.802. The molecule has 0 radical (unpaired) electrons. The SMILES string of the molecule is O=C(CCc1ccccc1)N(c1ccc(Cl)cc1)C1C=CS(=O)(=O)C1. The Bertz CT molecular complexity index is 877. The van der Waals surface area contributed by atoms with Crippen molar-refractivity contribution in [3.8, 4) is 0 Å². The Balaban J connectivity index is 1.82. The van der Waals surface area contributed by atoms with E-state index in [-0.39, 0.29) is 11.7 Å². The second-order valence-corrected chi connectivity index (χ2v) is 8.32. The van der Waals surface area contributed by atoms with Gasteiger partial charge in [0.15, 0.2) is 9.84 Å². The molecule has 1 unspecified atom stereocenters. The van der Waals surface area contributed by atoms with Crippen LogP contribution in [0, 0.1) is 0 Å². The number of anilines is 1. The number of carbonyl (C=O) groups excluding carboxylic acids is 1. The fraction of sp³-hybridized carbons (Fsp3) is 0.211. The maximum absolute atomic E-state index is 12.9. The molecule has 1 heterocycles. The van der Waals surface area contributed by atoms with Crippen LogP contribution in [0.25, 0.3) is 0 Å². The average molecular weight is 376 g/mol. The van der Waals surface area contributed by atoms with Crippen LogP contribution in [0.5, 0.6) is 0 Å². The van der Waals surface area contributed by atoms with Gasteiger partial charge in [0, 0.05) is 22.5 Å². The normalized spacial score (nSPS) is 18.2. The topological polar surface area (TPSA) is 54.5 Å². The van der Waals surface area contributed by atoms with Gasteiger partial charge < -0.3 is 4.90 Å². The van der Waals surface area contributed by atoms with Crippen LogP contribution in [0.15, 0.2) is 66.1 Å². The molecule has 0 fully saturated rings. The van der Waals surface area contributed by atoms with E-state index in [0.717, 1.165) is 5.56 Å². The lowest BCUT2D eigenvalue weighted by Crippen LogP contribution is -2.41. The Labute approximate surface area is 152 Å². The number of sulfone groups is 1. The summed E-state index contributed by atoms with van der Waals surface area (Å²) in [5, 5.41) is 1.75. The van der Waals surface area contributed by atoms with E-state index in [1.807, 2.05) is 30.3 Å². The smallest absolute Gasteiger partial charge is 0.227 e. The minimum absolute atomic E-state index is 0.0906. The van der Waals surface area contributed by atoms with Crippen molar-refractivity contribution in [3.05, 3.63) is 76.7 Å². The third-order valence-electron chi connectivity index (χ3n) is 4.09. The van der Waals surface area contributed by atoms with Crippen LogP contribution in [0.4, 0.5) is 5.69 Å². The molecule has 1 amide bonds. The van der Waals surface area contributed by atoms with E-state index in [1.54, 1.807) is 35.2 Å². The molecule has 1 atom stereocenters. The number of carbonyl (C=O) groups is 1. The van der Waals surface area contributed by atoms with Gasteiger partial charge in [-0.25, -0.2) is 8.42 Å². The van der Waals surface area contributed by atoms with Crippen LogP contribution in [-0.2, 0) is 21.1 Å². The molecule has 0 N–H and O–H groups in total. The van der Waals surface area contributed by atoms with Gasteiger partial charge in [-0.3, -0.25) is 4.79 Å². The fourth-order valence-electron chi connectivity index (χ4n) is 2.86. The van der Waals surface area contributed by atoms with E-state index in [9.17, 15) is 13.2 Å². The molecular weight excluding hydrogens is 358 g/mol. The van der Waals surface area contributed by atoms with E-state index >= 15 is 0 Å². The van der Waals surface area contributed by atoms with Crippen molar-refractivity contribution in [1.29, 1.82) is 0 Å². The Morgan fingerprint density at radius 1 is 1.08 bits per heavy atom. The first-order valence-electron chi connectivity index (χ1n) is 7.97. The summed E-state index contributed by atoms with van der Waals surface area (Å²) in [6, 6.07) is 16.1. The van der Waals surface area contributed by atoms with Gasteiger partial charge in [0.25, 0.3) is 0 Å². The molecule has 0 aromatic heterocycles. The first-order valence-corrected chi connectivity index (χ1v) is 10.1. The monoisotopic (exact) mass is 375 g/mol. The summed E-state index contributed by atoms with van der Waals surface area (Å²) >= 11 is 5.93. The van der Waals surface area contributed by atoms with Gasteiger partial charge in [-0.1, -0.05) is 41.9 Å². The number of aryl methyl sites for hydroxylation is 1. The lowest BCUT2D eigenvalue weighted by molar-refractivity contribution is -0.118. The predicted octanol–water partition coefficient (Wildman–Crippen LogP) is 3.62. The second-order valence-electron chi connectivity index (χ2n) is 5.95. The molecule has 1 aliphatic rings. The van der Waals surface area contributed by atoms with Crippen molar-refractivity contribution in [2.75, 3.05) is 10.7 Å². The van der Waals surface area contributed by atoms with Crippen LogP contribution in [0.3, 0.4) is 0 Å². The van der Waals surface area contributed by atoms with Crippen molar-refractivity contribution in [2.24, 2.45) is 0 Å². The zero-order valence-electron chi connectivity index (χ0n) is 13.5. The molecule has 0 saturated heterocycles. The van der Waals surface area contributed by atoms with Crippen LogP contribution in [0.2, 0.25) is 5.02 Å². The molecule has 0 spiro atoms. The third-order valence-corrected chi connectivity index (χ3v) is 5.72. The highest BCUT2D eigenvalue weighted by Crippen LogP contribution is 2.25. The van der Waals surface area contributed by atoms with Crippen LogP contribution in [-0.4, -0.2) is 26.1 Å². The van der Waals surface area contributed by atoms with Gasteiger partial charge in [0.1, 0.15) is 0 Å². The Hall–Kier alpha value is -2.11. The molecule has 4 nitrogen and oxygen atoms in total. The Morgan fingerprint density at radius 2 is 1.76 bits per heavy atom. The zero-order valence-corrected chi connectivity index (χ0v) is 15.1. The van der Waals surface area contributed by atoms with E-state index in [1.165, 1.54) is 5.41 Å². The number of hydrogen-bond acceptors (Lipinski definition) is 3. The minimum Gasteiger partial charge on any atom is -0.304 e. The standard InChI is InChI=1S/C19H18ClNO3S/c20-16-7-9-17(10-8-16)21(18-12-13-25(23,24)14-18)19(22)11-6-15-4-2-1-3-5-15/h1-5,7-10,12-13,18H,6,11,14H2. The van der Waals surface area contributed by atoms with Gasteiger partial charge in [0.05, 0.1) is 11.8 Å². The van der Waals surface area contributed by atoms with Gasteiger partial charge in [-0.2, -0.15) is 0 Å². The summed E-state index contributed by atoms with van der Waals surface area (Å²) in [6.45, 7) is 0. The highest BCUT2D eigenvalue weighted by molar-refractivity contribution is 7.94. The molecule has 0 bridgehead atoms. The first kappa shape index (κ1) is 17.7. The Morgan fingerprint density at radius 3 is 2.36 bits per heavy atom. The summed E-state index contributed by atoms with van der Waals surface area (Å²) in [7, 11) is -3.26. The molecule has 130 valence electrons. The summed E-state index contributed by atoms with van der Waals surface area (Å²) in [4.78, 5) is 14.4. The van der Waals surface area contributed by atoms with Crippen LogP contribution >= 0.6 is 11.6 Å². The highest BCUT2D eigenvalue weighted by Gasteiger charge is 2.31. The van der Waals surface area contributed by atoms with E-state index < -0.39 is 15.9 Å². The van der Waals surface area contributed by atoms with Gasteiger partial charge in [-0.05, 0) is 42.3 Å². The maximum atomic E-state index is 12.9. The van der Waals surface area contributed by atoms with E-state index in [2.05, 4.69) is 0 Å². The van der Waals surface area contributed by atoms with Crippen molar-refractivity contribution >= 4 is 33.0 Å². The van der Waals surface area contributed by atoms with E-state index in [4.69, 9.17) is 11.6 Å². The molecule has 2 aromatic rings. The number of hydrogen-bond donors (Lipinski definition) is 0. The lowest BCUT2D eigenvalue weighted by atomic mass is 10.1. The van der Waals surface area contributed by atoms with Crippen molar-refractivity contribution in [1.82, 2.24) is 0 Å². The number of amides is 1. The average Bonchev–Trinajstić information content (AvgIpc) is 2.95. The molecule has 1 aliphatic heterocycles. The first-order chi connectivity index (χ1) is 11.9. The van der Waals surface area contributed by atoms with Crippen molar-refractivity contribution < 1.29 is 13.2 Å². The minimum atomic E-state index is -3.26. The second kappa shape index (κ2) is 7.42. The molecule has 2 aromatic carbocycles. The number of benzene rings is 2. The molecular formula is C19H18ClNO3S. The van der Waals surface area contributed by atoms with Crippen molar-refractivity contribution in [3.63, 3.8) is 0 Å². The highest BCUT2D eigenvalue weighted by atomic mass is 35.5. The molecule has 6 heteroatoms. The van der Waals surface area contributed by atoms with Crippen molar-refractivity contribution in [2.45, 2.75) is 18.9 Å². The largest absolute Gasteiger partial charge is 0.304 e. The zero-order chi connectivity index (χ0) is 17.9. The Kier molecular flexibility index (Phi) is 5.25. The molecule has 0 saturated carbocycles. The predicted molar refractivity (Wildman–Crippen MR) is 100 cm³/mol. The summed E-state index contributed by atoms with van der Waals surface area (Å²) in [5.74, 6) is -0.204. The van der Waals surface area contributed by atoms with Gasteiger partial charge in [0.2, 0.25) is 5.91 Å².